The molecule has 0 spiro atoms. The van der Waals surface area contributed by atoms with Crippen molar-refractivity contribution in [3.8, 4) is 22.9 Å². The molecule has 0 bridgehead atoms. The van der Waals surface area contributed by atoms with Crippen molar-refractivity contribution in [2.24, 2.45) is 0 Å². The van der Waals surface area contributed by atoms with Crippen molar-refractivity contribution in [1.29, 1.82) is 0 Å². The van der Waals surface area contributed by atoms with Crippen LogP contribution in [0.15, 0.2) is 66.7 Å². The summed E-state index contributed by atoms with van der Waals surface area (Å²) in [6.45, 7) is 0.701. The Kier molecular flexibility index (Phi) is 4.42. The van der Waals surface area contributed by atoms with Crippen molar-refractivity contribution in [3.63, 3.8) is 0 Å². The Bertz CT molecular complexity index is 1070. The van der Waals surface area contributed by atoms with Crippen molar-refractivity contribution >= 4 is 16.7 Å². The van der Waals surface area contributed by atoms with Crippen LogP contribution in [-0.2, 0) is 6.54 Å². The summed E-state index contributed by atoms with van der Waals surface area (Å²) in [6, 6.07) is 22.0. The number of nitrogens with two attached hydrogens (primary N) is 1. The van der Waals surface area contributed by atoms with E-state index in [1.807, 2.05) is 54.6 Å². The molecular weight excluding hydrogens is 338 g/mol. The molecule has 0 aliphatic heterocycles. The third-order valence-electron chi connectivity index (χ3n) is 4.61. The first kappa shape index (κ1) is 17.0. The molecule has 5 heteroatoms. The van der Waals surface area contributed by atoms with E-state index >= 15 is 0 Å². The van der Waals surface area contributed by atoms with Crippen LogP contribution in [0.5, 0.6) is 11.5 Å². The lowest BCUT2D eigenvalue weighted by Crippen LogP contribution is -2.02. The molecule has 0 fully saturated rings. The van der Waals surface area contributed by atoms with Crippen LogP contribution in [0.3, 0.4) is 0 Å². The number of nitrogens with zero attached hydrogens (tertiary/aromatic N) is 2. The SMILES string of the molecule is COc1cc2nc(-c3ccc(N)cc3)n(Cc3ccccc3)c2cc1OC. The van der Waals surface area contributed by atoms with Crippen LogP contribution >= 0.6 is 0 Å². The van der Waals surface area contributed by atoms with Gasteiger partial charge in [-0.2, -0.15) is 0 Å². The minimum absolute atomic E-state index is 0.665. The number of methoxy groups -OCH3 is 2. The van der Waals surface area contributed by atoms with E-state index in [0.29, 0.717) is 18.0 Å². The molecule has 0 saturated carbocycles. The second kappa shape index (κ2) is 7.03. The number of ether oxygens (including phenoxy) is 2. The Hall–Kier alpha value is -3.47. The zero-order chi connectivity index (χ0) is 18.8. The van der Waals surface area contributed by atoms with E-state index in [1.165, 1.54) is 5.56 Å². The molecule has 0 radical (unpaired) electrons. The molecule has 0 aliphatic rings. The number of aromatic nitrogens is 2. The topological polar surface area (TPSA) is 62.3 Å². The highest BCUT2D eigenvalue weighted by molar-refractivity contribution is 5.84. The minimum Gasteiger partial charge on any atom is -0.493 e. The fourth-order valence-corrected chi connectivity index (χ4v) is 3.23. The second-order valence-electron chi connectivity index (χ2n) is 6.33. The number of anilines is 1. The third kappa shape index (κ3) is 3.19. The van der Waals surface area contributed by atoms with Crippen LogP contribution in [0.1, 0.15) is 5.56 Å². The zero-order valence-corrected chi connectivity index (χ0v) is 15.3. The molecule has 0 atom stereocenters. The largest absolute Gasteiger partial charge is 0.493 e. The first-order valence-electron chi connectivity index (χ1n) is 8.71. The van der Waals surface area contributed by atoms with E-state index in [4.69, 9.17) is 20.2 Å². The predicted molar refractivity (Wildman–Crippen MR) is 108 cm³/mol. The van der Waals surface area contributed by atoms with Gasteiger partial charge in [-0.05, 0) is 29.8 Å². The predicted octanol–water partition coefficient (Wildman–Crippen LogP) is 4.35. The first-order valence-corrected chi connectivity index (χ1v) is 8.71. The van der Waals surface area contributed by atoms with Crippen molar-refractivity contribution in [3.05, 3.63) is 72.3 Å². The van der Waals surface area contributed by atoms with Gasteiger partial charge in [-0.15, -0.1) is 0 Å². The van der Waals surface area contributed by atoms with Gasteiger partial charge in [0.1, 0.15) is 5.82 Å². The van der Waals surface area contributed by atoms with Gasteiger partial charge >= 0.3 is 0 Å². The van der Waals surface area contributed by atoms with Crippen LogP contribution in [0.4, 0.5) is 5.69 Å². The lowest BCUT2D eigenvalue weighted by Gasteiger charge is -2.11. The summed E-state index contributed by atoms with van der Waals surface area (Å²) < 4.78 is 13.1. The van der Waals surface area contributed by atoms with E-state index in [1.54, 1.807) is 14.2 Å². The molecule has 4 rings (SSSR count). The van der Waals surface area contributed by atoms with Gasteiger partial charge in [0.05, 0.1) is 25.3 Å². The molecule has 1 heterocycles. The van der Waals surface area contributed by atoms with E-state index in [-0.39, 0.29) is 0 Å². The minimum atomic E-state index is 0.665. The quantitative estimate of drug-likeness (QED) is 0.538. The van der Waals surface area contributed by atoms with Crippen molar-refractivity contribution in [2.45, 2.75) is 6.54 Å². The molecule has 4 aromatic rings. The van der Waals surface area contributed by atoms with Gasteiger partial charge < -0.3 is 19.8 Å². The fraction of sp³-hybridized carbons (Fsp3) is 0.136. The number of benzene rings is 3. The van der Waals surface area contributed by atoms with E-state index < -0.39 is 0 Å². The van der Waals surface area contributed by atoms with Crippen LogP contribution in [0.2, 0.25) is 0 Å². The number of hydrogen-bond acceptors (Lipinski definition) is 4. The molecular formula is C22H21N3O2. The fourth-order valence-electron chi connectivity index (χ4n) is 3.23. The van der Waals surface area contributed by atoms with Crippen molar-refractivity contribution in [2.75, 3.05) is 20.0 Å². The molecule has 0 saturated heterocycles. The highest BCUT2D eigenvalue weighted by Crippen LogP contribution is 2.35. The van der Waals surface area contributed by atoms with Gasteiger partial charge in [0.25, 0.3) is 0 Å². The molecule has 2 N–H and O–H groups in total. The van der Waals surface area contributed by atoms with Gasteiger partial charge in [-0.3, -0.25) is 0 Å². The van der Waals surface area contributed by atoms with Gasteiger partial charge in [-0.1, -0.05) is 30.3 Å². The Morgan fingerprint density at radius 3 is 2.22 bits per heavy atom. The first-order chi connectivity index (χ1) is 13.2. The molecule has 5 nitrogen and oxygen atoms in total. The lowest BCUT2D eigenvalue weighted by atomic mass is 10.1. The molecule has 1 aromatic heterocycles. The maximum atomic E-state index is 5.86. The normalized spacial score (nSPS) is 10.9. The standard InChI is InChI=1S/C22H21N3O2/c1-26-20-12-18-19(13-21(20)27-2)25(14-15-6-4-3-5-7-15)22(24-18)16-8-10-17(23)11-9-16/h3-13H,14,23H2,1-2H3. The number of rotatable bonds is 5. The Balaban J connectivity index is 1.94. The third-order valence-corrected chi connectivity index (χ3v) is 4.61. The highest BCUT2D eigenvalue weighted by Gasteiger charge is 2.16. The summed E-state index contributed by atoms with van der Waals surface area (Å²) >= 11 is 0. The lowest BCUT2D eigenvalue weighted by molar-refractivity contribution is 0.355. The van der Waals surface area contributed by atoms with Crippen LogP contribution < -0.4 is 15.2 Å². The summed E-state index contributed by atoms with van der Waals surface area (Å²) in [5.41, 5.74) is 10.6. The molecule has 136 valence electrons. The molecule has 0 amide bonds. The summed E-state index contributed by atoms with van der Waals surface area (Å²) in [6.07, 6.45) is 0. The van der Waals surface area contributed by atoms with E-state index in [9.17, 15) is 0 Å². The van der Waals surface area contributed by atoms with E-state index in [0.717, 1.165) is 28.1 Å². The number of imidazole rings is 1. The number of nitrogen functional groups attached to an aromatic ring is 1. The molecule has 0 aliphatic carbocycles. The van der Waals surface area contributed by atoms with Crippen LogP contribution in [0, 0.1) is 0 Å². The maximum absolute atomic E-state index is 5.86. The average molecular weight is 359 g/mol. The summed E-state index contributed by atoms with van der Waals surface area (Å²) in [7, 11) is 3.27. The average Bonchev–Trinajstić information content (AvgIpc) is 3.05. The Morgan fingerprint density at radius 2 is 1.56 bits per heavy atom. The molecule has 27 heavy (non-hydrogen) atoms. The Morgan fingerprint density at radius 1 is 0.889 bits per heavy atom. The summed E-state index contributed by atoms with van der Waals surface area (Å²) in [4.78, 5) is 4.88. The molecule has 3 aromatic carbocycles. The highest BCUT2D eigenvalue weighted by atomic mass is 16.5. The zero-order valence-electron chi connectivity index (χ0n) is 15.3. The second-order valence-corrected chi connectivity index (χ2v) is 6.33. The Labute approximate surface area is 158 Å². The summed E-state index contributed by atoms with van der Waals surface area (Å²) in [5.74, 6) is 2.23. The summed E-state index contributed by atoms with van der Waals surface area (Å²) in [5, 5.41) is 0. The van der Waals surface area contributed by atoms with Gasteiger partial charge in [0, 0.05) is 29.9 Å². The van der Waals surface area contributed by atoms with Crippen LogP contribution in [0.25, 0.3) is 22.4 Å². The monoisotopic (exact) mass is 359 g/mol. The van der Waals surface area contributed by atoms with Crippen molar-refractivity contribution in [1.82, 2.24) is 9.55 Å². The smallest absolute Gasteiger partial charge is 0.163 e. The molecule has 0 unspecified atom stereocenters. The maximum Gasteiger partial charge on any atom is 0.163 e. The number of hydrogen-bond donors (Lipinski definition) is 1. The van der Waals surface area contributed by atoms with E-state index in [2.05, 4.69) is 16.7 Å². The van der Waals surface area contributed by atoms with Crippen LogP contribution in [-0.4, -0.2) is 23.8 Å². The van der Waals surface area contributed by atoms with Crippen molar-refractivity contribution < 1.29 is 9.47 Å². The van der Waals surface area contributed by atoms with Gasteiger partial charge in [0.2, 0.25) is 0 Å². The van der Waals surface area contributed by atoms with Gasteiger partial charge in [-0.25, -0.2) is 4.98 Å². The van der Waals surface area contributed by atoms with Gasteiger partial charge in [0.15, 0.2) is 11.5 Å². The number of fused-ring (bicyclic) bond motifs is 1.